The maximum Gasteiger partial charge on any atom is 0.250 e. The van der Waals surface area contributed by atoms with Gasteiger partial charge in [-0.05, 0) is 24.3 Å². The van der Waals surface area contributed by atoms with E-state index in [0.29, 0.717) is 0 Å². The molecule has 0 radical (unpaired) electrons. The summed E-state index contributed by atoms with van der Waals surface area (Å²) in [5.74, 6) is -2.06. The highest BCUT2D eigenvalue weighted by Crippen LogP contribution is 1.69. The van der Waals surface area contributed by atoms with Crippen molar-refractivity contribution in [3.05, 3.63) is 63.8 Å². The molecule has 108 valence electrons. The molecule has 0 aromatic rings. The van der Waals surface area contributed by atoms with Crippen LogP contribution in [0.25, 0.3) is 0 Å². The van der Waals surface area contributed by atoms with Crippen molar-refractivity contribution in [3.63, 3.8) is 0 Å². The first-order chi connectivity index (χ1) is 9.40. The lowest BCUT2D eigenvalue weighted by molar-refractivity contribution is -0.126. The van der Waals surface area contributed by atoms with Gasteiger partial charge in [-0.15, -0.1) is 13.2 Å². The van der Waals surface area contributed by atoms with Gasteiger partial charge in [0.1, 0.15) is 0 Å². The van der Waals surface area contributed by atoms with Crippen molar-refractivity contribution in [1.29, 1.82) is 0 Å². The third-order valence-electron chi connectivity index (χ3n) is 1.23. The number of hydrogen-bond donors (Lipinski definition) is 2. The summed E-state index contributed by atoms with van der Waals surface area (Å²) in [6.45, 7) is 18.6. The number of nitrogens with one attached hydrogen (secondary N) is 2. The van der Waals surface area contributed by atoms with Crippen molar-refractivity contribution in [3.8, 4) is 0 Å². The first kappa shape index (κ1) is 22.2. The summed E-state index contributed by atoms with van der Waals surface area (Å²) >= 11 is 0. The molecule has 20 heavy (non-hydrogen) atoms. The fourth-order valence-corrected chi connectivity index (χ4v) is 0.447. The minimum absolute atomic E-state index is 0.514. The molecule has 0 bridgehead atoms. The molecular formula is C14H18N2O4. The van der Waals surface area contributed by atoms with Gasteiger partial charge in [0.05, 0.1) is 0 Å². The average Bonchev–Trinajstić information content (AvgIpc) is 2.49. The zero-order chi connectivity index (χ0) is 16.6. The third kappa shape index (κ3) is 17.4. The largest absolute Gasteiger partial charge is 0.289 e. The molecule has 0 saturated heterocycles. The smallest absolute Gasteiger partial charge is 0.250 e. The molecule has 2 N–H and O–H groups in total. The first-order valence-electron chi connectivity index (χ1n) is 5.10. The number of hydrogen-bond acceptors (Lipinski definition) is 4. The number of rotatable bonds is 4. The van der Waals surface area contributed by atoms with Gasteiger partial charge in [-0.25, -0.2) is 0 Å². The second-order valence-electron chi connectivity index (χ2n) is 2.52. The zero-order valence-electron chi connectivity index (χ0n) is 11.2. The van der Waals surface area contributed by atoms with Gasteiger partial charge in [-0.2, -0.15) is 0 Å². The molecule has 4 amide bonds. The van der Waals surface area contributed by atoms with E-state index in [-0.39, 0.29) is 0 Å². The molecule has 0 atom stereocenters. The van der Waals surface area contributed by atoms with E-state index in [9.17, 15) is 19.2 Å². The van der Waals surface area contributed by atoms with Gasteiger partial charge in [0.15, 0.2) is 0 Å². The van der Waals surface area contributed by atoms with Gasteiger partial charge >= 0.3 is 0 Å². The molecule has 0 aliphatic rings. The predicted octanol–water partition coefficient (Wildman–Crippen LogP) is 0.805. The van der Waals surface area contributed by atoms with E-state index in [2.05, 4.69) is 39.5 Å². The lowest BCUT2D eigenvalue weighted by Crippen LogP contribution is -2.26. The molecule has 0 aliphatic carbocycles. The summed E-state index contributed by atoms with van der Waals surface area (Å²) in [6.07, 6.45) is 4.06. The third-order valence-corrected chi connectivity index (χ3v) is 1.23. The monoisotopic (exact) mass is 278 g/mol. The van der Waals surface area contributed by atoms with Crippen molar-refractivity contribution in [1.82, 2.24) is 10.6 Å². The van der Waals surface area contributed by atoms with Gasteiger partial charge in [-0.3, -0.25) is 29.8 Å². The summed E-state index contributed by atoms with van der Waals surface area (Å²) in [4.78, 5) is 41.1. The van der Waals surface area contributed by atoms with E-state index >= 15 is 0 Å². The molecule has 6 heteroatoms. The molecule has 0 aromatic heterocycles. The van der Waals surface area contributed by atoms with E-state index < -0.39 is 23.6 Å². The van der Waals surface area contributed by atoms with E-state index in [0.717, 1.165) is 24.3 Å². The highest BCUT2D eigenvalue weighted by molar-refractivity contribution is 6.05. The summed E-state index contributed by atoms with van der Waals surface area (Å²) in [7, 11) is 0. The minimum atomic E-state index is -0.514. The van der Waals surface area contributed by atoms with Crippen molar-refractivity contribution in [2.45, 2.75) is 0 Å². The van der Waals surface area contributed by atoms with Crippen LogP contribution >= 0.6 is 0 Å². The lowest BCUT2D eigenvalue weighted by atomic mass is 10.5. The molecule has 0 heterocycles. The Morgan fingerprint density at radius 2 is 0.700 bits per heavy atom. The van der Waals surface area contributed by atoms with Gasteiger partial charge in [0.25, 0.3) is 0 Å². The quantitative estimate of drug-likeness (QED) is 0.588. The molecule has 0 aromatic carbocycles. The van der Waals surface area contributed by atoms with Crippen molar-refractivity contribution in [2.24, 2.45) is 0 Å². The maximum absolute atomic E-state index is 10.3. The van der Waals surface area contributed by atoms with Crippen LogP contribution in [-0.4, -0.2) is 23.6 Å². The first-order valence-corrected chi connectivity index (χ1v) is 5.10. The van der Waals surface area contributed by atoms with Gasteiger partial charge < -0.3 is 0 Å². The van der Waals surface area contributed by atoms with Crippen molar-refractivity contribution in [2.75, 3.05) is 0 Å². The molecule has 0 aliphatic heterocycles. The molecule has 0 spiro atoms. The minimum Gasteiger partial charge on any atom is -0.289 e. The Bertz CT molecular complexity index is 337. The van der Waals surface area contributed by atoms with Crippen molar-refractivity contribution >= 4 is 23.6 Å². The van der Waals surface area contributed by atoms with Crippen LogP contribution in [-0.2, 0) is 19.2 Å². The fourth-order valence-electron chi connectivity index (χ4n) is 0.447. The highest BCUT2D eigenvalue weighted by Gasteiger charge is 1.96. The Labute approximate surface area is 118 Å². The SMILES string of the molecule is C=C.C=CC(=O)NC(=O)C=C.C=CC(=O)NC(=O)C=C. The van der Waals surface area contributed by atoms with Crippen molar-refractivity contribution < 1.29 is 19.2 Å². The molecule has 0 rings (SSSR count). The number of imide groups is 2. The Hall–Kier alpha value is -3.02. The number of carbonyl (C=O) groups excluding carboxylic acids is 4. The summed E-state index contributed by atoms with van der Waals surface area (Å²) < 4.78 is 0. The Kier molecular flexibility index (Phi) is 17.7. The van der Waals surface area contributed by atoms with Gasteiger partial charge in [-0.1, -0.05) is 26.3 Å². The van der Waals surface area contributed by atoms with Gasteiger partial charge in [0, 0.05) is 0 Å². The molecule has 6 nitrogen and oxygen atoms in total. The van der Waals surface area contributed by atoms with Crippen LogP contribution in [0.3, 0.4) is 0 Å². The maximum atomic E-state index is 10.3. The normalized spacial score (nSPS) is 7.00. The molecule has 0 saturated carbocycles. The summed E-state index contributed by atoms with van der Waals surface area (Å²) in [5.41, 5.74) is 0. The van der Waals surface area contributed by atoms with Crippen LogP contribution in [0.5, 0.6) is 0 Å². The van der Waals surface area contributed by atoms with Crippen LogP contribution < -0.4 is 10.6 Å². The topological polar surface area (TPSA) is 92.3 Å². The Balaban J connectivity index is -0.000000257. The standard InChI is InChI=1S/2C6H7NO2.C2H4/c2*1-3-5(8)7-6(9)4-2;1-2/h2*3-4H,1-2H2,(H,7,8,9);1-2H2. The van der Waals surface area contributed by atoms with Gasteiger partial charge in [0.2, 0.25) is 23.6 Å². The van der Waals surface area contributed by atoms with Crippen LogP contribution in [0.1, 0.15) is 0 Å². The van der Waals surface area contributed by atoms with E-state index in [1.165, 1.54) is 0 Å². The van der Waals surface area contributed by atoms with Crippen LogP contribution in [0, 0.1) is 0 Å². The molecular weight excluding hydrogens is 260 g/mol. The Morgan fingerprint density at radius 3 is 0.800 bits per heavy atom. The fraction of sp³-hybridized carbons (Fsp3) is 0. The highest BCUT2D eigenvalue weighted by atomic mass is 16.2. The van der Waals surface area contributed by atoms with E-state index in [1.54, 1.807) is 0 Å². The predicted molar refractivity (Wildman–Crippen MR) is 78.3 cm³/mol. The number of amides is 4. The van der Waals surface area contributed by atoms with Crippen LogP contribution in [0.15, 0.2) is 63.8 Å². The zero-order valence-corrected chi connectivity index (χ0v) is 11.2. The van der Waals surface area contributed by atoms with E-state index in [1.807, 2.05) is 10.6 Å². The summed E-state index contributed by atoms with van der Waals surface area (Å²) in [5, 5.41) is 3.93. The summed E-state index contributed by atoms with van der Waals surface area (Å²) in [6, 6.07) is 0. The molecule has 0 fully saturated rings. The second-order valence-corrected chi connectivity index (χ2v) is 2.52. The number of carbonyl (C=O) groups is 4. The second kappa shape index (κ2) is 16.0. The lowest BCUT2D eigenvalue weighted by Gasteiger charge is -1.91. The Morgan fingerprint density at radius 1 is 0.550 bits per heavy atom. The van der Waals surface area contributed by atoms with Crippen LogP contribution in [0.4, 0.5) is 0 Å². The average molecular weight is 278 g/mol. The molecule has 0 unspecified atom stereocenters. The van der Waals surface area contributed by atoms with Crippen LogP contribution in [0.2, 0.25) is 0 Å². The van der Waals surface area contributed by atoms with E-state index in [4.69, 9.17) is 0 Å².